The predicted molar refractivity (Wildman–Crippen MR) is 152 cm³/mol. The van der Waals surface area contributed by atoms with Crippen molar-refractivity contribution in [1.82, 2.24) is 0 Å². The zero-order valence-electron chi connectivity index (χ0n) is 20.9. The third-order valence-corrected chi connectivity index (χ3v) is 26.4. The Morgan fingerprint density at radius 1 is 0.735 bits per heavy atom. The van der Waals surface area contributed by atoms with Crippen LogP contribution in [0.15, 0.2) is 92.8 Å². The third-order valence-electron chi connectivity index (χ3n) is 7.78. The summed E-state index contributed by atoms with van der Waals surface area (Å²) in [6.45, 7) is 14.8. The van der Waals surface area contributed by atoms with Crippen LogP contribution in [0.2, 0.25) is 13.1 Å². The molecule has 0 heterocycles. The Kier molecular flexibility index (Phi) is 8.73. The first-order chi connectivity index (χ1) is 15.4. The van der Waals surface area contributed by atoms with Crippen molar-refractivity contribution in [3.8, 4) is 0 Å². The number of halogens is 2. The fourth-order valence-electron chi connectivity index (χ4n) is 5.84. The largest absolute Gasteiger partial charge is 0.147 e. The first-order valence-electron chi connectivity index (χ1n) is 11.8. The van der Waals surface area contributed by atoms with Gasteiger partial charge in [-0.05, 0) is 0 Å². The molecule has 0 saturated heterocycles. The molecule has 2 atom stereocenters. The second-order valence-corrected chi connectivity index (χ2v) is 27.1. The van der Waals surface area contributed by atoms with E-state index in [1.54, 1.807) is 22.3 Å². The van der Waals surface area contributed by atoms with Crippen molar-refractivity contribution < 1.29 is 20.4 Å². The number of hydrogen-bond acceptors (Lipinski definition) is 0. The first-order valence-corrected chi connectivity index (χ1v) is 20.6. The summed E-state index contributed by atoms with van der Waals surface area (Å²) in [5.74, 6) is 0.645. The molecule has 34 heavy (non-hydrogen) atoms. The molecule has 0 spiro atoms. The number of hydrogen-bond donors (Lipinski definition) is 0. The number of benzene rings is 3. The van der Waals surface area contributed by atoms with Gasteiger partial charge in [0, 0.05) is 0 Å². The summed E-state index contributed by atoms with van der Waals surface area (Å²) < 4.78 is 2.55. The van der Waals surface area contributed by atoms with Gasteiger partial charge in [-0.1, -0.05) is 0 Å². The summed E-state index contributed by atoms with van der Waals surface area (Å²) in [6, 6.07) is 24.9. The van der Waals surface area contributed by atoms with Crippen LogP contribution in [-0.4, -0.2) is 5.43 Å². The van der Waals surface area contributed by atoms with Crippen LogP contribution < -0.4 is 0 Å². The quantitative estimate of drug-likeness (QED) is 0.269. The molecule has 2 aliphatic carbocycles. The average Bonchev–Trinajstić information content (AvgIpc) is 3.26. The Morgan fingerprint density at radius 3 is 2.03 bits per heavy atom. The minimum absolute atomic E-state index is 0. The second-order valence-electron chi connectivity index (χ2n) is 9.65. The molecule has 0 nitrogen and oxygen atoms in total. The minimum atomic E-state index is -1.96. The van der Waals surface area contributed by atoms with Gasteiger partial charge in [-0.3, -0.25) is 0 Å². The summed E-state index contributed by atoms with van der Waals surface area (Å²) >= 11 is -1.96. The monoisotopic (exact) mass is 582 g/mol. The van der Waals surface area contributed by atoms with Gasteiger partial charge in [0.2, 0.25) is 0 Å². The van der Waals surface area contributed by atoms with Gasteiger partial charge in [-0.15, -0.1) is 24.8 Å². The van der Waals surface area contributed by atoms with E-state index in [2.05, 4.69) is 114 Å². The average molecular weight is 585 g/mol. The summed E-state index contributed by atoms with van der Waals surface area (Å²) in [5.41, 5.74) is 10.4. The Hall–Kier alpha value is -1.18. The molecule has 0 bridgehead atoms. The topological polar surface area (TPSA) is 0 Å². The van der Waals surface area contributed by atoms with Crippen molar-refractivity contribution in [2.75, 3.05) is 0 Å². The Balaban J connectivity index is 0.00000162. The van der Waals surface area contributed by atoms with E-state index in [9.17, 15) is 0 Å². The maximum atomic E-state index is 2.70. The molecule has 0 N–H and O–H groups in total. The van der Waals surface area contributed by atoms with Crippen LogP contribution in [0.1, 0.15) is 48.0 Å². The molecular formula is C30H34Cl2SiZr. The van der Waals surface area contributed by atoms with Gasteiger partial charge in [0.05, 0.1) is 0 Å². The SMILES string of the molecule is CC1=C(C)C(C)[C]([Zr]([CH]2C=C(c3cccc4ccccc34)c3ccccc32)=[Si](C)C)=C1C.Cl.Cl. The standard InChI is InChI=1S/C19H13.C9H13.C2H6Si.2ClH.Zr/c1-3-9-16-14(6-1)8-5-11-18(16)19-13-12-15-7-2-4-10-17(15)19;1-6-5-7(2)9(4)8(6)3;1-3-2;;;/h1-13H;6H,1-4H3;1-2H3;2*1H;. The van der Waals surface area contributed by atoms with E-state index in [0.29, 0.717) is 9.54 Å². The minimum Gasteiger partial charge on any atom is -0.147 e. The number of rotatable bonds is 3. The van der Waals surface area contributed by atoms with Crippen LogP contribution in [0, 0.1) is 5.92 Å². The molecule has 0 radical (unpaired) electrons. The van der Waals surface area contributed by atoms with Gasteiger partial charge in [-0.25, -0.2) is 0 Å². The van der Waals surface area contributed by atoms with E-state index in [4.69, 9.17) is 0 Å². The summed E-state index contributed by atoms with van der Waals surface area (Å²) in [6.07, 6.45) is 2.70. The van der Waals surface area contributed by atoms with E-state index in [0.717, 1.165) is 0 Å². The van der Waals surface area contributed by atoms with E-state index in [-0.39, 0.29) is 30.2 Å². The molecule has 0 saturated carbocycles. The Morgan fingerprint density at radius 2 is 1.35 bits per heavy atom. The molecule has 176 valence electrons. The van der Waals surface area contributed by atoms with Crippen molar-refractivity contribution in [3.05, 3.63) is 109 Å². The van der Waals surface area contributed by atoms with Gasteiger partial charge >= 0.3 is 202 Å². The van der Waals surface area contributed by atoms with Gasteiger partial charge in [-0.2, -0.15) is 0 Å². The molecule has 3 aromatic carbocycles. The van der Waals surface area contributed by atoms with E-state index >= 15 is 0 Å². The molecule has 0 fully saturated rings. The van der Waals surface area contributed by atoms with Crippen LogP contribution in [0.5, 0.6) is 0 Å². The van der Waals surface area contributed by atoms with Crippen LogP contribution in [0.25, 0.3) is 16.3 Å². The van der Waals surface area contributed by atoms with Gasteiger partial charge in [0.1, 0.15) is 0 Å². The predicted octanol–water partition coefficient (Wildman–Crippen LogP) is 9.30. The van der Waals surface area contributed by atoms with Crippen molar-refractivity contribution in [3.63, 3.8) is 0 Å². The molecule has 2 unspecified atom stereocenters. The van der Waals surface area contributed by atoms with E-state index in [1.807, 2.05) is 3.28 Å². The van der Waals surface area contributed by atoms with Crippen molar-refractivity contribution >= 4 is 46.6 Å². The molecule has 0 aromatic heterocycles. The maximum absolute atomic E-state index is 2.70. The zero-order chi connectivity index (χ0) is 22.6. The molecule has 2 aliphatic rings. The van der Waals surface area contributed by atoms with Crippen LogP contribution in [0.4, 0.5) is 0 Å². The van der Waals surface area contributed by atoms with Crippen LogP contribution in [-0.2, 0) is 20.4 Å². The van der Waals surface area contributed by atoms with Crippen molar-refractivity contribution in [2.45, 2.75) is 44.4 Å². The van der Waals surface area contributed by atoms with Gasteiger partial charge < -0.3 is 0 Å². The first kappa shape index (κ1) is 27.4. The zero-order valence-corrected chi connectivity index (χ0v) is 26.0. The summed E-state index contributed by atoms with van der Waals surface area (Å²) in [4.78, 5) is 0. The number of allylic oxidation sites excluding steroid dienone is 5. The van der Waals surface area contributed by atoms with Gasteiger partial charge in [0.25, 0.3) is 0 Å². The molecule has 5 rings (SSSR count). The van der Waals surface area contributed by atoms with E-state index < -0.39 is 20.4 Å². The summed E-state index contributed by atoms with van der Waals surface area (Å²) in [7, 11) is 0. The van der Waals surface area contributed by atoms with Crippen molar-refractivity contribution in [2.24, 2.45) is 5.92 Å². The molecule has 3 aromatic rings. The molecule has 0 amide bonds. The maximum Gasteiger partial charge on any atom is -0.147 e. The third kappa shape index (κ3) is 4.41. The Bertz CT molecular complexity index is 1380. The normalized spacial score (nSPS) is 18.9. The molecule has 4 heteroatoms. The van der Waals surface area contributed by atoms with E-state index in [1.165, 1.54) is 27.5 Å². The van der Waals surface area contributed by atoms with Crippen LogP contribution >= 0.6 is 24.8 Å². The fraction of sp³-hybridized carbons (Fsp3) is 0.267. The Labute approximate surface area is 225 Å². The second kappa shape index (κ2) is 10.8. The molecular weight excluding hydrogens is 551 g/mol. The number of fused-ring (bicyclic) bond motifs is 2. The fourth-order valence-corrected chi connectivity index (χ4v) is 25.5. The van der Waals surface area contributed by atoms with Crippen molar-refractivity contribution in [1.29, 1.82) is 0 Å². The van der Waals surface area contributed by atoms with Crippen LogP contribution in [0.3, 0.4) is 0 Å². The van der Waals surface area contributed by atoms with Gasteiger partial charge in [0.15, 0.2) is 0 Å². The summed E-state index contributed by atoms with van der Waals surface area (Å²) in [5, 5.41) is 2.71. The smallest absolute Gasteiger partial charge is 0.147 e. The molecule has 0 aliphatic heterocycles.